The van der Waals surface area contributed by atoms with E-state index in [0.29, 0.717) is 12.1 Å². The van der Waals surface area contributed by atoms with Crippen LogP contribution in [0, 0.1) is 11.6 Å². The second-order valence-corrected chi connectivity index (χ2v) is 5.96. The molecule has 0 aliphatic rings. The molecule has 0 radical (unpaired) electrons. The molecule has 1 unspecified atom stereocenters. The van der Waals surface area contributed by atoms with Crippen LogP contribution in [-0.2, 0) is 0 Å². The minimum absolute atomic E-state index is 0.00781. The smallest absolute Gasteiger partial charge is 0.403 e. The minimum atomic E-state index is -5.10. The van der Waals surface area contributed by atoms with Gasteiger partial charge in [-0.25, -0.2) is 8.78 Å². The zero-order chi connectivity index (χ0) is 21.9. The van der Waals surface area contributed by atoms with E-state index in [9.17, 15) is 31.5 Å². The highest BCUT2D eigenvalue weighted by Gasteiger charge is 2.33. The number of carbonyl (C=O) groups is 1. The van der Waals surface area contributed by atoms with E-state index in [4.69, 9.17) is 0 Å². The van der Waals surface area contributed by atoms with Gasteiger partial charge in [0.2, 0.25) is 5.56 Å². The molecule has 3 rings (SSSR count). The fraction of sp³-hybridized carbons (Fsp3) is 0.105. The second-order valence-electron chi connectivity index (χ2n) is 5.96. The first-order valence-electron chi connectivity index (χ1n) is 8.29. The third-order valence-electron chi connectivity index (χ3n) is 3.90. The van der Waals surface area contributed by atoms with Gasteiger partial charge in [-0.2, -0.15) is 0 Å². The van der Waals surface area contributed by atoms with Crippen molar-refractivity contribution < 1.29 is 31.5 Å². The predicted molar refractivity (Wildman–Crippen MR) is 93.6 cm³/mol. The van der Waals surface area contributed by atoms with E-state index in [0.717, 1.165) is 24.4 Å². The highest BCUT2D eigenvalue weighted by atomic mass is 19.4. The number of ether oxygens (including phenoxy) is 1. The van der Waals surface area contributed by atoms with Crippen molar-refractivity contribution >= 4 is 5.91 Å². The predicted octanol–water partition coefficient (Wildman–Crippen LogP) is 3.47. The van der Waals surface area contributed by atoms with Crippen molar-refractivity contribution in [2.45, 2.75) is 12.4 Å². The summed E-state index contributed by atoms with van der Waals surface area (Å²) in [5.41, 5.74) is -0.828. The first-order valence-corrected chi connectivity index (χ1v) is 8.29. The zero-order valence-electron chi connectivity index (χ0n) is 14.8. The number of aromatic amines is 1. The van der Waals surface area contributed by atoms with Gasteiger partial charge >= 0.3 is 6.36 Å². The van der Waals surface area contributed by atoms with Crippen molar-refractivity contribution in [3.63, 3.8) is 0 Å². The number of alkyl halides is 3. The lowest BCUT2D eigenvalue weighted by atomic mass is 10.0. The van der Waals surface area contributed by atoms with Crippen LogP contribution in [-0.4, -0.2) is 22.2 Å². The Morgan fingerprint density at radius 2 is 1.87 bits per heavy atom. The van der Waals surface area contributed by atoms with Crippen LogP contribution >= 0.6 is 0 Å². The van der Waals surface area contributed by atoms with Crippen LogP contribution in [0.15, 0.2) is 59.7 Å². The molecule has 2 heterocycles. The number of halogens is 5. The number of hydrogen-bond acceptors (Lipinski definition) is 4. The summed E-state index contributed by atoms with van der Waals surface area (Å²) in [6, 6.07) is 5.72. The van der Waals surface area contributed by atoms with Crippen molar-refractivity contribution in [1.29, 1.82) is 0 Å². The lowest BCUT2D eigenvalue weighted by Crippen LogP contribution is -2.31. The maximum Gasteiger partial charge on any atom is 0.573 e. The lowest BCUT2D eigenvalue weighted by molar-refractivity contribution is -0.275. The van der Waals surface area contributed by atoms with E-state index in [1.807, 2.05) is 0 Å². The van der Waals surface area contributed by atoms with Crippen LogP contribution in [0.25, 0.3) is 0 Å². The van der Waals surface area contributed by atoms with Gasteiger partial charge in [0.05, 0.1) is 11.6 Å². The average molecular weight is 425 g/mol. The van der Waals surface area contributed by atoms with Gasteiger partial charge < -0.3 is 15.0 Å². The molecule has 1 atom stereocenters. The van der Waals surface area contributed by atoms with Gasteiger partial charge in [0.15, 0.2) is 11.6 Å². The van der Waals surface area contributed by atoms with Crippen molar-refractivity contribution in [2.75, 3.05) is 0 Å². The van der Waals surface area contributed by atoms with Crippen LogP contribution < -0.4 is 15.6 Å². The molecule has 3 aromatic rings. The molecular weight excluding hydrogens is 413 g/mol. The molecule has 2 aromatic heterocycles. The third-order valence-corrected chi connectivity index (χ3v) is 3.90. The van der Waals surface area contributed by atoms with Crippen molar-refractivity contribution in [3.8, 4) is 5.75 Å². The number of rotatable bonds is 5. The van der Waals surface area contributed by atoms with E-state index in [1.165, 1.54) is 18.3 Å². The summed E-state index contributed by atoms with van der Waals surface area (Å²) in [5.74, 6) is -4.06. The van der Waals surface area contributed by atoms with Crippen LogP contribution in [0.3, 0.4) is 0 Å². The molecule has 0 aliphatic carbocycles. The standard InChI is InChI=1S/C19H12F5N3O3/c20-12-2-1-7-25-17(12)16(27-18(29)11-4-6-15(28)26-9-11)10-3-5-14(13(21)8-10)30-19(22,23)24/h1-9,16H,(H,26,28)(H,27,29). The molecule has 0 saturated heterocycles. The molecule has 30 heavy (non-hydrogen) atoms. The number of H-pyrrole nitrogens is 1. The fourth-order valence-corrected chi connectivity index (χ4v) is 2.59. The van der Waals surface area contributed by atoms with E-state index < -0.39 is 41.3 Å². The van der Waals surface area contributed by atoms with Gasteiger partial charge in [0, 0.05) is 18.5 Å². The number of carbonyl (C=O) groups excluding carboxylic acids is 1. The van der Waals surface area contributed by atoms with Crippen molar-refractivity contribution in [1.82, 2.24) is 15.3 Å². The Bertz CT molecular complexity index is 1110. The number of amides is 1. The highest BCUT2D eigenvalue weighted by Crippen LogP contribution is 2.30. The number of benzene rings is 1. The maximum absolute atomic E-state index is 14.3. The molecule has 2 N–H and O–H groups in total. The van der Waals surface area contributed by atoms with Crippen molar-refractivity contribution in [2.24, 2.45) is 0 Å². The first kappa shape index (κ1) is 21.0. The largest absolute Gasteiger partial charge is 0.573 e. The topological polar surface area (TPSA) is 84.1 Å². The molecule has 11 heteroatoms. The Hall–Kier alpha value is -3.76. The Labute approximate surface area is 165 Å². The Morgan fingerprint density at radius 3 is 2.47 bits per heavy atom. The SMILES string of the molecule is O=C(NC(c1ccc(OC(F)(F)F)c(F)c1)c1ncccc1F)c1ccc(=O)[nH]c1. The summed E-state index contributed by atoms with van der Waals surface area (Å²) < 4.78 is 69.1. The van der Waals surface area contributed by atoms with Gasteiger partial charge in [0.25, 0.3) is 5.91 Å². The first-order chi connectivity index (χ1) is 14.1. The molecular formula is C19H12F5N3O3. The Morgan fingerprint density at radius 1 is 1.10 bits per heavy atom. The van der Waals surface area contributed by atoms with Crippen LogP contribution in [0.4, 0.5) is 22.0 Å². The zero-order valence-corrected chi connectivity index (χ0v) is 14.8. The molecule has 156 valence electrons. The van der Waals surface area contributed by atoms with Gasteiger partial charge in [0.1, 0.15) is 11.5 Å². The Balaban J connectivity index is 1.99. The molecule has 0 saturated carbocycles. The number of aromatic nitrogens is 2. The summed E-state index contributed by atoms with van der Waals surface area (Å²) in [6.07, 6.45) is -2.76. The third kappa shape index (κ3) is 4.99. The number of hydrogen-bond donors (Lipinski definition) is 2. The van der Waals surface area contributed by atoms with E-state index in [2.05, 4.69) is 20.0 Å². The van der Waals surface area contributed by atoms with E-state index in [1.54, 1.807) is 0 Å². The second kappa shape index (κ2) is 8.31. The van der Waals surface area contributed by atoms with Gasteiger partial charge in [-0.05, 0) is 35.9 Å². The van der Waals surface area contributed by atoms with E-state index >= 15 is 0 Å². The Kier molecular flexibility index (Phi) is 5.81. The average Bonchev–Trinajstić information content (AvgIpc) is 2.68. The molecule has 0 aliphatic heterocycles. The van der Waals surface area contributed by atoms with Gasteiger partial charge in [-0.3, -0.25) is 14.6 Å². The number of nitrogens with one attached hydrogen (secondary N) is 2. The monoisotopic (exact) mass is 425 g/mol. The summed E-state index contributed by atoms with van der Waals surface area (Å²) in [7, 11) is 0. The quantitative estimate of drug-likeness (QED) is 0.614. The summed E-state index contributed by atoms with van der Waals surface area (Å²) in [4.78, 5) is 29.8. The van der Waals surface area contributed by atoms with E-state index in [-0.39, 0.29) is 16.8 Å². The lowest BCUT2D eigenvalue weighted by Gasteiger charge is -2.20. The summed E-state index contributed by atoms with van der Waals surface area (Å²) in [6.45, 7) is 0. The molecule has 0 fully saturated rings. The molecule has 0 spiro atoms. The van der Waals surface area contributed by atoms with Gasteiger partial charge in [-0.15, -0.1) is 13.2 Å². The van der Waals surface area contributed by atoms with Crippen LogP contribution in [0.2, 0.25) is 0 Å². The van der Waals surface area contributed by atoms with Gasteiger partial charge in [-0.1, -0.05) is 6.07 Å². The molecule has 1 aromatic carbocycles. The number of nitrogens with zero attached hydrogens (tertiary/aromatic N) is 1. The maximum atomic E-state index is 14.3. The fourth-order valence-electron chi connectivity index (χ4n) is 2.59. The molecule has 6 nitrogen and oxygen atoms in total. The normalized spacial score (nSPS) is 12.3. The minimum Gasteiger partial charge on any atom is -0.403 e. The highest BCUT2D eigenvalue weighted by molar-refractivity contribution is 5.94. The summed E-state index contributed by atoms with van der Waals surface area (Å²) in [5, 5.41) is 2.43. The number of pyridine rings is 2. The summed E-state index contributed by atoms with van der Waals surface area (Å²) >= 11 is 0. The molecule has 0 bridgehead atoms. The van der Waals surface area contributed by atoms with Crippen LogP contribution in [0.1, 0.15) is 27.7 Å². The van der Waals surface area contributed by atoms with Crippen molar-refractivity contribution in [3.05, 3.63) is 93.7 Å². The molecule has 1 amide bonds. The van der Waals surface area contributed by atoms with Crippen LogP contribution in [0.5, 0.6) is 5.75 Å².